The van der Waals surface area contributed by atoms with Crippen molar-refractivity contribution in [1.29, 1.82) is 0 Å². The first-order valence-corrected chi connectivity index (χ1v) is 9.58. The van der Waals surface area contributed by atoms with E-state index in [2.05, 4.69) is 15.6 Å². The van der Waals surface area contributed by atoms with E-state index < -0.39 is 6.04 Å². The lowest BCUT2D eigenvalue weighted by atomic mass is 10.2. The zero-order valence-corrected chi connectivity index (χ0v) is 16.6. The number of aryl methyl sites for hydroxylation is 1. The highest BCUT2D eigenvalue weighted by atomic mass is 32.2. The third-order valence-corrected chi connectivity index (χ3v) is 5.73. The Morgan fingerprint density at radius 1 is 1.32 bits per heavy atom. The van der Waals surface area contributed by atoms with E-state index in [-0.39, 0.29) is 11.8 Å². The lowest BCUT2D eigenvalue weighted by molar-refractivity contribution is -0.129. The van der Waals surface area contributed by atoms with Crippen LogP contribution in [0.5, 0.6) is 0 Å². The molecule has 1 fully saturated rings. The second-order valence-corrected chi connectivity index (χ2v) is 7.87. The van der Waals surface area contributed by atoms with Crippen molar-refractivity contribution in [2.75, 3.05) is 5.32 Å². The Kier molecular flexibility index (Phi) is 4.73. The highest BCUT2D eigenvalue weighted by Gasteiger charge is 2.38. The van der Waals surface area contributed by atoms with E-state index >= 15 is 0 Å². The van der Waals surface area contributed by atoms with Gasteiger partial charge < -0.3 is 9.88 Å². The van der Waals surface area contributed by atoms with E-state index in [0.29, 0.717) is 25.9 Å². The molecule has 1 atom stereocenters. The second-order valence-electron chi connectivity index (χ2n) is 6.20. The molecule has 1 aliphatic heterocycles. The maximum absolute atomic E-state index is 12.8. The number of nitrogens with zero attached hydrogens (tertiary/aromatic N) is 4. The molecule has 1 N–H and O–H groups in total. The normalized spacial score (nSPS) is 16.9. The van der Waals surface area contributed by atoms with Crippen LogP contribution in [-0.4, -0.2) is 42.0 Å². The first-order chi connectivity index (χ1) is 13.5. The summed E-state index contributed by atoms with van der Waals surface area (Å²) in [7, 11) is 1.89. The fraction of sp³-hybridized carbons (Fsp3) is 0.167. The van der Waals surface area contributed by atoms with Gasteiger partial charge in [0.05, 0.1) is 10.6 Å². The number of anilines is 1. The van der Waals surface area contributed by atoms with Gasteiger partial charge in [-0.05, 0) is 47.6 Å². The summed E-state index contributed by atoms with van der Waals surface area (Å²) in [4.78, 5) is 27.4. The first-order valence-electron chi connectivity index (χ1n) is 8.36. The summed E-state index contributed by atoms with van der Waals surface area (Å²) in [6.45, 7) is 1.63. The van der Waals surface area contributed by atoms with Crippen molar-refractivity contribution in [1.82, 2.24) is 19.8 Å². The van der Waals surface area contributed by atoms with Gasteiger partial charge in [-0.1, -0.05) is 30.0 Å². The van der Waals surface area contributed by atoms with Crippen LogP contribution >= 0.6 is 24.0 Å². The molecule has 2 amide bonds. The molecule has 1 unspecified atom stereocenters. The number of benzene rings is 1. The molecule has 142 valence electrons. The molecule has 0 radical (unpaired) electrons. The highest BCUT2D eigenvalue weighted by Crippen LogP contribution is 2.34. The molecule has 1 saturated heterocycles. The maximum Gasteiger partial charge on any atom is 0.266 e. The number of amides is 2. The van der Waals surface area contributed by atoms with Gasteiger partial charge in [-0.3, -0.25) is 14.5 Å². The quantitative estimate of drug-likeness (QED) is 0.519. The number of rotatable bonds is 4. The number of hydrogen-bond acceptors (Lipinski definition) is 7. The molecule has 1 aliphatic rings. The standard InChI is InChI=1S/C18H15N5O3S2/c1-10(16(24)19-12-6-3-7-13-15(12)21-26-20-13)23-17(25)14(28-18(23)27)9-11-5-4-8-22(11)2/h3-10H,1-2H3,(H,19,24). The number of hydrogen-bond donors (Lipinski definition) is 1. The number of carbonyl (C=O) groups is 2. The van der Waals surface area contributed by atoms with E-state index in [1.807, 2.05) is 29.9 Å². The molecular weight excluding hydrogens is 398 g/mol. The summed E-state index contributed by atoms with van der Waals surface area (Å²) < 4.78 is 6.95. The van der Waals surface area contributed by atoms with E-state index in [1.54, 1.807) is 31.2 Å². The molecule has 3 aromatic rings. The van der Waals surface area contributed by atoms with Gasteiger partial charge in [0.1, 0.15) is 15.9 Å². The minimum atomic E-state index is -0.790. The zero-order chi connectivity index (χ0) is 19.8. The number of thiocarbonyl (C=S) groups is 1. The van der Waals surface area contributed by atoms with Gasteiger partial charge >= 0.3 is 0 Å². The Bertz CT molecular complexity index is 1130. The Hall–Kier alpha value is -2.98. The number of fused-ring (bicyclic) bond motifs is 1. The Morgan fingerprint density at radius 3 is 2.89 bits per heavy atom. The predicted molar refractivity (Wildman–Crippen MR) is 110 cm³/mol. The third kappa shape index (κ3) is 3.20. The van der Waals surface area contributed by atoms with Gasteiger partial charge in [-0.2, -0.15) is 0 Å². The molecule has 1 aromatic carbocycles. The number of aromatic nitrogens is 3. The molecular formula is C18H15N5O3S2. The van der Waals surface area contributed by atoms with Crippen molar-refractivity contribution >= 4 is 62.9 Å². The molecule has 0 saturated carbocycles. The number of carbonyl (C=O) groups excluding carboxylic acids is 2. The van der Waals surface area contributed by atoms with Crippen LogP contribution in [0.1, 0.15) is 12.6 Å². The SMILES string of the molecule is CC(C(=O)Nc1cccc2nonc12)N1C(=O)C(=Cc2cccn2C)SC1=S. The van der Waals surface area contributed by atoms with Gasteiger partial charge in [0.2, 0.25) is 5.91 Å². The van der Waals surface area contributed by atoms with Crippen LogP contribution in [0.3, 0.4) is 0 Å². The smallest absolute Gasteiger partial charge is 0.266 e. The van der Waals surface area contributed by atoms with Gasteiger partial charge in [0.25, 0.3) is 5.91 Å². The number of thioether (sulfide) groups is 1. The van der Waals surface area contributed by atoms with Crippen LogP contribution < -0.4 is 5.32 Å². The largest absolute Gasteiger partial charge is 0.351 e. The molecule has 8 nitrogen and oxygen atoms in total. The highest BCUT2D eigenvalue weighted by molar-refractivity contribution is 8.26. The van der Waals surface area contributed by atoms with Crippen molar-refractivity contribution in [2.45, 2.75) is 13.0 Å². The second kappa shape index (κ2) is 7.21. The lowest BCUT2D eigenvalue weighted by Gasteiger charge is -2.22. The lowest BCUT2D eigenvalue weighted by Crippen LogP contribution is -2.44. The number of nitrogens with one attached hydrogen (secondary N) is 1. The van der Waals surface area contributed by atoms with Crippen molar-refractivity contribution in [3.05, 3.63) is 47.1 Å². The molecule has 0 bridgehead atoms. The van der Waals surface area contributed by atoms with Gasteiger partial charge in [-0.15, -0.1) is 0 Å². The average Bonchev–Trinajstić information content (AvgIpc) is 3.36. The molecule has 28 heavy (non-hydrogen) atoms. The van der Waals surface area contributed by atoms with Crippen molar-refractivity contribution < 1.29 is 14.2 Å². The molecule has 10 heteroatoms. The minimum absolute atomic E-state index is 0.292. The van der Waals surface area contributed by atoms with E-state index in [9.17, 15) is 9.59 Å². The summed E-state index contributed by atoms with van der Waals surface area (Å²) in [6, 6.07) is 8.15. The summed E-state index contributed by atoms with van der Waals surface area (Å²) in [5.74, 6) is -0.674. The zero-order valence-electron chi connectivity index (χ0n) is 14.9. The molecule has 0 spiro atoms. The average molecular weight is 413 g/mol. The predicted octanol–water partition coefficient (Wildman–Crippen LogP) is 2.79. The molecule has 4 rings (SSSR count). The van der Waals surface area contributed by atoms with Crippen molar-refractivity contribution in [3.8, 4) is 0 Å². The van der Waals surface area contributed by atoms with Crippen LogP contribution in [0.15, 0.2) is 46.1 Å². The Labute approximate surface area is 169 Å². The Morgan fingerprint density at radius 2 is 2.14 bits per heavy atom. The Balaban J connectivity index is 1.55. The summed E-state index contributed by atoms with van der Waals surface area (Å²) >= 11 is 6.53. The van der Waals surface area contributed by atoms with Crippen LogP contribution in [0.2, 0.25) is 0 Å². The molecule has 2 aromatic heterocycles. The van der Waals surface area contributed by atoms with Crippen molar-refractivity contribution in [3.63, 3.8) is 0 Å². The van der Waals surface area contributed by atoms with E-state index in [4.69, 9.17) is 16.8 Å². The van der Waals surface area contributed by atoms with E-state index in [0.717, 1.165) is 5.69 Å². The van der Waals surface area contributed by atoms with Gasteiger partial charge in [0, 0.05) is 18.9 Å². The fourth-order valence-electron chi connectivity index (χ4n) is 2.83. The summed E-state index contributed by atoms with van der Waals surface area (Å²) in [6.07, 6.45) is 3.66. The molecule has 0 aliphatic carbocycles. The van der Waals surface area contributed by atoms with Gasteiger partial charge in [-0.25, -0.2) is 4.63 Å². The third-order valence-electron chi connectivity index (χ3n) is 4.40. The monoisotopic (exact) mass is 413 g/mol. The summed E-state index contributed by atoms with van der Waals surface area (Å²) in [5, 5.41) is 10.3. The fourth-order valence-corrected chi connectivity index (χ4v) is 4.24. The van der Waals surface area contributed by atoms with Crippen LogP contribution in [-0.2, 0) is 16.6 Å². The van der Waals surface area contributed by atoms with Crippen LogP contribution in [0.4, 0.5) is 5.69 Å². The van der Waals surface area contributed by atoms with Crippen LogP contribution in [0.25, 0.3) is 17.1 Å². The first kappa shape index (κ1) is 18.4. The topological polar surface area (TPSA) is 93.3 Å². The van der Waals surface area contributed by atoms with E-state index in [1.165, 1.54) is 16.7 Å². The summed E-state index contributed by atoms with van der Waals surface area (Å²) in [5.41, 5.74) is 2.31. The maximum atomic E-state index is 12.8. The molecule has 3 heterocycles. The minimum Gasteiger partial charge on any atom is -0.351 e. The van der Waals surface area contributed by atoms with Crippen molar-refractivity contribution in [2.24, 2.45) is 7.05 Å². The van der Waals surface area contributed by atoms with Gasteiger partial charge in [0.15, 0.2) is 5.52 Å². The van der Waals surface area contributed by atoms with Crippen LogP contribution in [0, 0.1) is 0 Å².